The van der Waals surface area contributed by atoms with Crippen LogP contribution in [0.15, 0.2) is 36.8 Å². The molecule has 3 aromatic heterocycles. The molecule has 4 aromatic rings. The van der Waals surface area contributed by atoms with Crippen LogP contribution in [0.1, 0.15) is 25.5 Å². The molecule has 2 atom stereocenters. The minimum atomic E-state index is 0. The Labute approximate surface area is 217 Å². The van der Waals surface area contributed by atoms with Gasteiger partial charge in [-0.3, -0.25) is 4.40 Å². The average Bonchev–Trinajstić information content (AvgIpc) is 3.50. The predicted molar refractivity (Wildman–Crippen MR) is 148 cm³/mol. The number of hydrogen-bond donors (Lipinski definition) is 2. The highest BCUT2D eigenvalue weighted by Gasteiger charge is 2.47. The van der Waals surface area contributed by atoms with Gasteiger partial charge in [-0.1, -0.05) is 29.8 Å². The minimum absolute atomic E-state index is 0. The van der Waals surface area contributed by atoms with Crippen molar-refractivity contribution < 1.29 is 4.74 Å². The van der Waals surface area contributed by atoms with Crippen LogP contribution in [0, 0.1) is 12.3 Å². The third kappa shape index (κ3) is 3.69. The van der Waals surface area contributed by atoms with Crippen molar-refractivity contribution >= 4 is 61.1 Å². The van der Waals surface area contributed by atoms with Gasteiger partial charge in [0.1, 0.15) is 5.65 Å². The van der Waals surface area contributed by atoms with Crippen LogP contribution in [0.4, 0.5) is 5.95 Å². The Hall–Kier alpha value is -1.91. The zero-order valence-corrected chi connectivity index (χ0v) is 22.1. The van der Waals surface area contributed by atoms with Crippen LogP contribution in [-0.4, -0.2) is 51.2 Å². The second kappa shape index (κ2) is 9.28. The molecule has 1 aromatic carbocycles. The summed E-state index contributed by atoms with van der Waals surface area (Å²) in [7, 11) is 0. The van der Waals surface area contributed by atoms with Gasteiger partial charge in [-0.15, -0.1) is 0 Å². The third-order valence-electron chi connectivity index (χ3n) is 7.53. The molecule has 0 aliphatic carbocycles. The molecule has 0 unspecified atom stereocenters. The van der Waals surface area contributed by atoms with E-state index in [0.717, 1.165) is 71.9 Å². The highest BCUT2D eigenvalue weighted by Crippen LogP contribution is 2.42. The number of benzene rings is 1. The highest BCUT2D eigenvalue weighted by molar-refractivity contribution is 7.59. The van der Waals surface area contributed by atoms with Gasteiger partial charge in [0.25, 0.3) is 0 Å². The molecule has 2 fully saturated rings. The van der Waals surface area contributed by atoms with Crippen molar-refractivity contribution in [3.63, 3.8) is 0 Å². The number of hydrogen-bond acceptors (Lipinski definition) is 5. The number of aromatic amines is 1. The van der Waals surface area contributed by atoms with Crippen LogP contribution >= 0.6 is 38.6 Å². The van der Waals surface area contributed by atoms with Crippen molar-refractivity contribution in [1.82, 2.24) is 19.4 Å². The van der Waals surface area contributed by atoms with Crippen LogP contribution in [0.2, 0.25) is 5.02 Å². The van der Waals surface area contributed by atoms with Gasteiger partial charge >= 0.3 is 0 Å². The van der Waals surface area contributed by atoms with Crippen molar-refractivity contribution in [2.75, 3.05) is 24.6 Å². The first-order chi connectivity index (χ1) is 15.5. The Morgan fingerprint density at radius 1 is 1.24 bits per heavy atom. The fourth-order valence-electron chi connectivity index (χ4n) is 5.56. The molecule has 7 nitrogen and oxygen atoms in total. The number of rotatable bonds is 2. The molecule has 34 heavy (non-hydrogen) atoms. The molecule has 6 rings (SSSR count). The smallest absolute Gasteiger partial charge is 0.211 e. The van der Waals surface area contributed by atoms with Crippen LogP contribution in [-0.2, 0) is 4.74 Å². The molecular formula is C24H31ClN6OS2. The second-order valence-electron chi connectivity index (χ2n) is 9.25. The number of piperidine rings is 1. The number of fused-ring (bicyclic) bond motifs is 2. The predicted octanol–water partition coefficient (Wildman–Crippen LogP) is 4.40. The first-order valence-corrected chi connectivity index (χ1v) is 11.6. The maximum atomic E-state index is 6.51. The van der Waals surface area contributed by atoms with Crippen molar-refractivity contribution in [3.8, 4) is 11.1 Å². The molecule has 1 spiro atoms. The summed E-state index contributed by atoms with van der Waals surface area (Å²) in [5, 5.41) is 1.72. The van der Waals surface area contributed by atoms with Crippen molar-refractivity contribution in [2.45, 2.75) is 38.8 Å². The van der Waals surface area contributed by atoms with E-state index in [4.69, 9.17) is 32.0 Å². The second-order valence-corrected chi connectivity index (χ2v) is 9.66. The monoisotopic (exact) mass is 518 g/mol. The SMILES string of the molecule is Cc1nc(N2CCC3(CC2)CO[C@@H](C)[C@H]3N)n2ccnc2c1-c1cccc2c(Cl)c[nH]c12.S.S. The van der Waals surface area contributed by atoms with Crippen molar-refractivity contribution in [3.05, 3.63) is 47.5 Å². The highest BCUT2D eigenvalue weighted by atomic mass is 35.5. The number of para-hydroxylation sites is 1. The number of nitrogens with zero attached hydrogens (tertiary/aromatic N) is 4. The summed E-state index contributed by atoms with van der Waals surface area (Å²) in [6, 6.07) is 6.26. The molecule has 2 aliphatic rings. The summed E-state index contributed by atoms with van der Waals surface area (Å²) < 4.78 is 8.00. The van der Waals surface area contributed by atoms with E-state index in [2.05, 4.69) is 34.2 Å². The summed E-state index contributed by atoms with van der Waals surface area (Å²) in [5.74, 6) is 0.936. The van der Waals surface area contributed by atoms with Crippen LogP contribution in [0.3, 0.4) is 0 Å². The number of H-pyrrole nitrogens is 1. The number of nitrogens with one attached hydrogen (secondary N) is 1. The molecule has 3 N–H and O–H groups in total. The summed E-state index contributed by atoms with van der Waals surface area (Å²) in [4.78, 5) is 15.5. The van der Waals surface area contributed by atoms with Crippen molar-refractivity contribution in [2.24, 2.45) is 11.1 Å². The molecule has 5 heterocycles. The number of ether oxygens (including phenoxy) is 1. The van der Waals surface area contributed by atoms with Crippen molar-refractivity contribution in [1.29, 1.82) is 0 Å². The molecule has 0 saturated carbocycles. The standard InChI is InChI=1S/C24H27ClN6O.2H2S/c1-14-19(17-5-3-4-16-18(25)12-28-20(16)17)22-27-8-11-31(22)23(29-14)30-9-6-24(7-10-30)13-32-15(2)21(24)26;;/h3-5,8,11-12,15,21,28H,6-7,9-10,13,26H2,1-2H3;2*1H2/t15-,21+;;/m0../s1. The summed E-state index contributed by atoms with van der Waals surface area (Å²) >= 11 is 6.37. The fraction of sp³-hybridized carbons (Fsp3) is 0.417. The molecule has 2 aliphatic heterocycles. The molecule has 10 heteroatoms. The Morgan fingerprint density at radius 2 is 2.00 bits per heavy atom. The van der Waals surface area contributed by atoms with E-state index in [1.54, 1.807) is 0 Å². The van der Waals surface area contributed by atoms with Gasteiger partial charge in [0.05, 0.1) is 28.9 Å². The zero-order chi connectivity index (χ0) is 22.0. The van der Waals surface area contributed by atoms with E-state index in [0.29, 0.717) is 5.02 Å². The summed E-state index contributed by atoms with van der Waals surface area (Å²) in [6.45, 7) is 6.72. The lowest BCUT2D eigenvalue weighted by Gasteiger charge is -2.41. The lowest BCUT2D eigenvalue weighted by atomic mass is 9.73. The van der Waals surface area contributed by atoms with Gasteiger partial charge in [-0.05, 0) is 26.7 Å². The van der Waals surface area contributed by atoms with Gasteiger partial charge < -0.3 is 20.4 Å². The van der Waals surface area contributed by atoms with E-state index >= 15 is 0 Å². The first kappa shape index (κ1) is 25.2. The molecule has 2 saturated heterocycles. The lowest BCUT2D eigenvalue weighted by Crippen LogP contribution is -2.51. The van der Waals surface area contributed by atoms with E-state index in [1.807, 2.05) is 30.7 Å². The fourth-order valence-corrected chi connectivity index (χ4v) is 5.78. The Kier molecular flexibility index (Phi) is 6.87. The van der Waals surface area contributed by atoms with E-state index in [9.17, 15) is 0 Å². The van der Waals surface area contributed by atoms with E-state index in [-0.39, 0.29) is 44.6 Å². The zero-order valence-electron chi connectivity index (χ0n) is 19.3. The van der Waals surface area contributed by atoms with Crippen LogP contribution in [0.5, 0.6) is 0 Å². The molecule has 0 amide bonds. The van der Waals surface area contributed by atoms with Gasteiger partial charge in [-0.2, -0.15) is 27.0 Å². The maximum Gasteiger partial charge on any atom is 0.211 e. The molecule has 182 valence electrons. The summed E-state index contributed by atoms with van der Waals surface area (Å²) in [5.41, 5.74) is 11.5. The van der Waals surface area contributed by atoms with Gasteiger partial charge in [-0.25, -0.2) is 9.97 Å². The van der Waals surface area contributed by atoms with Crippen LogP contribution < -0.4 is 10.6 Å². The molecule has 0 radical (unpaired) electrons. The van der Waals surface area contributed by atoms with Gasteiger partial charge in [0.2, 0.25) is 5.95 Å². The first-order valence-electron chi connectivity index (χ1n) is 11.2. The number of aryl methyl sites for hydroxylation is 1. The Morgan fingerprint density at radius 3 is 2.71 bits per heavy atom. The molecule has 0 bridgehead atoms. The normalized spacial score (nSPS) is 21.7. The number of anilines is 1. The summed E-state index contributed by atoms with van der Waals surface area (Å²) in [6.07, 6.45) is 7.83. The topological polar surface area (TPSA) is 84.5 Å². The number of halogens is 1. The lowest BCUT2D eigenvalue weighted by molar-refractivity contribution is 0.0973. The number of nitrogens with two attached hydrogens (primary N) is 1. The number of aromatic nitrogens is 4. The number of imidazole rings is 1. The Bertz CT molecular complexity index is 1330. The molecular weight excluding hydrogens is 488 g/mol. The van der Waals surface area contributed by atoms with E-state index < -0.39 is 0 Å². The third-order valence-corrected chi connectivity index (χ3v) is 7.84. The van der Waals surface area contributed by atoms with Crippen LogP contribution in [0.25, 0.3) is 27.7 Å². The van der Waals surface area contributed by atoms with Gasteiger partial charge in [0, 0.05) is 59.7 Å². The minimum Gasteiger partial charge on any atom is -0.376 e. The average molecular weight is 519 g/mol. The van der Waals surface area contributed by atoms with Gasteiger partial charge in [0.15, 0.2) is 0 Å². The quantitative estimate of drug-likeness (QED) is 0.411. The Balaban J connectivity index is 0.00000137. The van der Waals surface area contributed by atoms with E-state index in [1.165, 1.54) is 0 Å². The maximum absolute atomic E-state index is 6.51. The largest absolute Gasteiger partial charge is 0.376 e.